The largest absolute Gasteiger partial charge is 0.454 e. The van der Waals surface area contributed by atoms with Crippen molar-refractivity contribution in [3.05, 3.63) is 58.2 Å². The molecule has 0 atom stereocenters. The Morgan fingerprint density at radius 3 is 2.54 bits per heavy atom. The molecular formula is C17H11BrN2O4. The maximum absolute atomic E-state index is 12.6. The van der Waals surface area contributed by atoms with Crippen LogP contribution in [0.5, 0.6) is 11.5 Å². The lowest BCUT2D eigenvalue weighted by atomic mass is 10.1. The fourth-order valence-electron chi connectivity index (χ4n) is 2.55. The minimum absolute atomic E-state index is 0.166. The number of fused-ring (bicyclic) bond motifs is 1. The number of urea groups is 1. The normalized spacial score (nSPS) is 17.5. The summed E-state index contributed by atoms with van der Waals surface area (Å²) >= 11 is 3.43. The van der Waals surface area contributed by atoms with Gasteiger partial charge >= 0.3 is 6.03 Å². The van der Waals surface area contributed by atoms with Crippen LogP contribution in [0.2, 0.25) is 0 Å². The van der Waals surface area contributed by atoms with Crippen molar-refractivity contribution >= 4 is 39.6 Å². The molecule has 0 bridgehead atoms. The van der Waals surface area contributed by atoms with Gasteiger partial charge in [0.1, 0.15) is 5.70 Å². The summed E-state index contributed by atoms with van der Waals surface area (Å²) in [6.07, 6.45) is 1.61. The van der Waals surface area contributed by atoms with Crippen LogP contribution < -0.4 is 19.7 Å². The molecule has 24 heavy (non-hydrogen) atoms. The second kappa shape index (κ2) is 5.68. The van der Waals surface area contributed by atoms with Gasteiger partial charge in [-0.05, 0) is 35.9 Å². The van der Waals surface area contributed by atoms with Gasteiger partial charge in [0.2, 0.25) is 6.79 Å². The summed E-state index contributed by atoms with van der Waals surface area (Å²) in [5.41, 5.74) is 1.43. The van der Waals surface area contributed by atoms with Crippen LogP contribution in [-0.4, -0.2) is 18.7 Å². The molecule has 1 N–H and O–H groups in total. The van der Waals surface area contributed by atoms with Crippen molar-refractivity contribution in [2.24, 2.45) is 0 Å². The monoisotopic (exact) mass is 386 g/mol. The van der Waals surface area contributed by atoms with Crippen molar-refractivity contribution < 1.29 is 19.1 Å². The molecule has 1 fully saturated rings. The van der Waals surface area contributed by atoms with E-state index in [2.05, 4.69) is 21.2 Å². The lowest BCUT2D eigenvalue weighted by Gasteiger charge is -2.10. The SMILES string of the molecule is O=C1N/C(=C\c2cc3c(cc2Br)OCO3)C(=O)N1c1ccccc1. The van der Waals surface area contributed by atoms with Gasteiger partial charge in [-0.1, -0.05) is 34.1 Å². The highest BCUT2D eigenvalue weighted by molar-refractivity contribution is 9.10. The van der Waals surface area contributed by atoms with Gasteiger partial charge < -0.3 is 14.8 Å². The first-order chi connectivity index (χ1) is 11.6. The third-order valence-electron chi connectivity index (χ3n) is 3.68. The van der Waals surface area contributed by atoms with Crippen LogP contribution in [0.25, 0.3) is 6.08 Å². The fraction of sp³-hybridized carbons (Fsp3) is 0.0588. The molecule has 0 spiro atoms. The van der Waals surface area contributed by atoms with Gasteiger partial charge in [0.15, 0.2) is 11.5 Å². The number of imide groups is 1. The van der Waals surface area contributed by atoms with E-state index in [9.17, 15) is 9.59 Å². The number of anilines is 1. The first kappa shape index (κ1) is 14.8. The van der Waals surface area contributed by atoms with Gasteiger partial charge in [-0.25, -0.2) is 9.69 Å². The Bertz CT molecular complexity index is 880. The average Bonchev–Trinajstić information content (AvgIpc) is 3.13. The van der Waals surface area contributed by atoms with E-state index in [1.54, 1.807) is 42.5 Å². The summed E-state index contributed by atoms with van der Waals surface area (Å²) in [5, 5.41) is 2.60. The highest BCUT2D eigenvalue weighted by Crippen LogP contribution is 2.38. The molecule has 6 nitrogen and oxygen atoms in total. The van der Waals surface area contributed by atoms with Crippen molar-refractivity contribution in [1.29, 1.82) is 0 Å². The third-order valence-corrected chi connectivity index (χ3v) is 4.37. The number of hydrogen-bond donors (Lipinski definition) is 1. The maximum atomic E-state index is 12.6. The predicted octanol–water partition coefficient (Wildman–Crippen LogP) is 3.28. The number of carbonyl (C=O) groups excluding carboxylic acids is 2. The molecule has 4 rings (SSSR count). The fourth-order valence-corrected chi connectivity index (χ4v) is 2.98. The number of ether oxygens (including phenoxy) is 2. The van der Waals surface area contributed by atoms with Crippen molar-refractivity contribution in [2.75, 3.05) is 11.7 Å². The van der Waals surface area contributed by atoms with Crippen molar-refractivity contribution in [1.82, 2.24) is 5.32 Å². The number of carbonyl (C=O) groups is 2. The van der Waals surface area contributed by atoms with Crippen LogP contribution in [0.15, 0.2) is 52.6 Å². The minimum Gasteiger partial charge on any atom is -0.454 e. The Hall–Kier alpha value is -2.80. The predicted molar refractivity (Wildman–Crippen MR) is 90.7 cm³/mol. The van der Waals surface area contributed by atoms with E-state index in [1.165, 1.54) is 0 Å². The van der Waals surface area contributed by atoms with Gasteiger partial charge in [-0.3, -0.25) is 4.79 Å². The maximum Gasteiger partial charge on any atom is 0.333 e. The molecule has 3 amide bonds. The molecule has 2 aliphatic heterocycles. The molecule has 0 unspecified atom stereocenters. The summed E-state index contributed by atoms with van der Waals surface area (Å²) in [5.74, 6) is 0.828. The number of nitrogens with zero attached hydrogens (tertiary/aromatic N) is 1. The zero-order chi connectivity index (χ0) is 16.7. The first-order valence-electron chi connectivity index (χ1n) is 7.15. The van der Waals surface area contributed by atoms with E-state index in [0.717, 1.165) is 9.37 Å². The van der Waals surface area contributed by atoms with Crippen LogP contribution in [0.1, 0.15) is 5.56 Å². The summed E-state index contributed by atoms with van der Waals surface area (Å²) < 4.78 is 11.4. The molecule has 120 valence electrons. The lowest BCUT2D eigenvalue weighted by Crippen LogP contribution is -2.30. The van der Waals surface area contributed by atoms with Gasteiger partial charge in [0.05, 0.1) is 5.69 Å². The average molecular weight is 387 g/mol. The molecule has 2 aromatic carbocycles. The van der Waals surface area contributed by atoms with Crippen LogP contribution in [0, 0.1) is 0 Å². The standard InChI is InChI=1S/C17H11BrN2O4/c18-12-8-15-14(23-9-24-15)7-10(12)6-13-16(21)20(17(22)19-13)11-4-2-1-3-5-11/h1-8H,9H2,(H,19,22)/b13-6-. The van der Waals surface area contributed by atoms with E-state index >= 15 is 0 Å². The second-order valence-electron chi connectivity index (χ2n) is 5.19. The number of amides is 3. The highest BCUT2D eigenvalue weighted by Gasteiger charge is 2.34. The summed E-state index contributed by atoms with van der Waals surface area (Å²) in [6, 6.07) is 11.8. The van der Waals surface area contributed by atoms with Crippen LogP contribution in [0.3, 0.4) is 0 Å². The topological polar surface area (TPSA) is 67.9 Å². The zero-order valence-electron chi connectivity index (χ0n) is 12.3. The van der Waals surface area contributed by atoms with Crippen molar-refractivity contribution in [3.63, 3.8) is 0 Å². The van der Waals surface area contributed by atoms with Gasteiger partial charge in [0, 0.05) is 4.47 Å². The summed E-state index contributed by atoms with van der Waals surface area (Å²) in [7, 11) is 0. The molecule has 1 saturated heterocycles. The number of rotatable bonds is 2. The molecule has 0 saturated carbocycles. The van der Waals surface area contributed by atoms with Crippen LogP contribution in [0.4, 0.5) is 10.5 Å². The number of hydrogen-bond acceptors (Lipinski definition) is 4. The summed E-state index contributed by atoms with van der Waals surface area (Å²) in [6.45, 7) is 0.166. The van der Waals surface area contributed by atoms with Crippen LogP contribution in [-0.2, 0) is 4.79 Å². The van der Waals surface area contributed by atoms with Crippen molar-refractivity contribution in [2.45, 2.75) is 0 Å². The first-order valence-corrected chi connectivity index (χ1v) is 7.94. The molecule has 2 aliphatic rings. The Balaban J connectivity index is 1.70. The van der Waals surface area contributed by atoms with Gasteiger partial charge in [-0.15, -0.1) is 0 Å². The number of halogens is 1. The Morgan fingerprint density at radius 1 is 1.08 bits per heavy atom. The molecule has 0 aromatic heterocycles. The molecule has 0 aliphatic carbocycles. The van der Waals surface area contributed by atoms with Crippen molar-refractivity contribution in [3.8, 4) is 11.5 Å². The quantitative estimate of drug-likeness (QED) is 0.635. The molecule has 7 heteroatoms. The number of para-hydroxylation sites is 1. The lowest BCUT2D eigenvalue weighted by molar-refractivity contribution is -0.113. The number of benzene rings is 2. The molecule has 2 heterocycles. The summed E-state index contributed by atoms with van der Waals surface area (Å²) in [4.78, 5) is 25.8. The van der Waals surface area contributed by atoms with Gasteiger partial charge in [0.25, 0.3) is 5.91 Å². The van der Waals surface area contributed by atoms with E-state index in [4.69, 9.17) is 9.47 Å². The van der Waals surface area contributed by atoms with E-state index in [-0.39, 0.29) is 12.5 Å². The highest BCUT2D eigenvalue weighted by atomic mass is 79.9. The number of nitrogens with one attached hydrogen (secondary N) is 1. The molecule has 2 aromatic rings. The van der Waals surface area contributed by atoms with E-state index in [1.807, 2.05) is 6.07 Å². The van der Waals surface area contributed by atoms with E-state index in [0.29, 0.717) is 22.7 Å². The third kappa shape index (κ3) is 2.43. The Morgan fingerprint density at radius 2 is 1.79 bits per heavy atom. The van der Waals surface area contributed by atoms with Gasteiger partial charge in [-0.2, -0.15) is 0 Å². The Labute approximate surface area is 145 Å². The smallest absolute Gasteiger partial charge is 0.333 e. The van der Waals surface area contributed by atoms with E-state index < -0.39 is 11.9 Å². The minimum atomic E-state index is -0.477. The molecule has 0 radical (unpaired) electrons. The van der Waals surface area contributed by atoms with Crippen LogP contribution >= 0.6 is 15.9 Å². The molecular weight excluding hydrogens is 376 g/mol. The second-order valence-corrected chi connectivity index (χ2v) is 6.05. The Kier molecular flexibility index (Phi) is 3.50. The zero-order valence-corrected chi connectivity index (χ0v) is 13.9.